The quantitative estimate of drug-likeness (QED) is 0.324. The Morgan fingerprint density at radius 2 is 1.78 bits per heavy atom. The van der Waals surface area contributed by atoms with E-state index in [1.165, 1.54) is 0 Å². The number of halogens is 1. The first-order chi connectivity index (χ1) is 17.9. The molecular formula is C28H31ClN4O4. The van der Waals surface area contributed by atoms with Crippen molar-refractivity contribution in [2.24, 2.45) is 11.7 Å². The van der Waals surface area contributed by atoms with Gasteiger partial charge < -0.3 is 19.7 Å². The van der Waals surface area contributed by atoms with Crippen LogP contribution in [0.2, 0.25) is 5.02 Å². The lowest BCUT2D eigenvalue weighted by Gasteiger charge is -2.35. The predicted molar refractivity (Wildman–Crippen MR) is 142 cm³/mol. The second kappa shape index (κ2) is 11.5. The maximum atomic E-state index is 12.1. The van der Waals surface area contributed by atoms with Crippen molar-refractivity contribution < 1.29 is 18.7 Å². The summed E-state index contributed by atoms with van der Waals surface area (Å²) >= 11 is 5.98. The Morgan fingerprint density at radius 1 is 1.03 bits per heavy atom. The van der Waals surface area contributed by atoms with E-state index in [9.17, 15) is 9.90 Å². The van der Waals surface area contributed by atoms with Gasteiger partial charge in [0.15, 0.2) is 5.58 Å². The summed E-state index contributed by atoms with van der Waals surface area (Å²) in [7, 11) is 0. The average Bonchev–Trinajstić information content (AvgIpc) is 3.52. The second-order valence-corrected chi connectivity index (χ2v) is 10.1. The van der Waals surface area contributed by atoms with Gasteiger partial charge in [-0.1, -0.05) is 11.6 Å². The molecule has 194 valence electrons. The zero-order chi connectivity index (χ0) is 25.8. The highest BCUT2D eigenvalue weighted by Gasteiger charge is 2.25. The van der Waals surface area contributed by atoms with Gasteiger partial charge in [0.25, 0.3) is 0 Å². The summed E-state index contributed by atoms with van der Waals surface area (Å²) in [6, 6.07) is 15.4. The number of aromatic nitrogens is 1. The van der Waals surface area contributed by atoms with Crippen LogP contribution >= 0.6 is 11.6 Å². The number of pyridine rings is 1. The molecule has 9 heteroatoms. The van der Waals surface area contributed by atoms with Gasteiger partial charge in [-0.15, -0.1) is 0 Å². The number of carbonyl (C=O) groups excluding carboxylic acids is 1. The van der Waals surface area contributed by atoms with Crippen LogP contribution in [0.3, 0.4) is 0 Å². The molecule has 0 saturated carbocycles. The van der Waals surface area contributed by atoms with Crippen LogP contribution in [0.25, 0.3) is 22.3 Å². The van der Waals surface area contributed by atoms with E-state index in [0.717, 1.165) is 55.2 Å². The Labute approximate surface area is 220 Å². The van der Waals surface area contributed by atoms with Gasteiger partial charge in [-0.05, 0) is 55.0 Å². The van der Waals surface area contributed by atoms with Gasteiger partial charge in [0, 0.05) is 67.2 Å². The number of hydrogen-bond acceptors (Lipinski definition) is 7. The van der Waals surface area contributed by atoms with E-state index in [1.54, 1.807) is 12.4 Å². The maximum absolute atomic E-state index is 12.1. The molecule has 37 heavy (non-hydrogen) atoms. The highest BCUT2D eigenvalue weighted by Crippen LogP contribution is 2.25. The number of amides is 1. The van der Waals surface area contributed by atoms with Crippen molar-refractivity contribution in [3.8, 4) is 11.3 Å². The van der Waals surface area contributed by atoms with Crippen molar-refractivity contribution in [1.29, 1.82) is 0 Å². The number of hydrogen-bond donors (Lipinski definition) is 2. The van der Waals surface area contributed by atoms with Crippen molar-refractivity contribution in [3.05, 3.63) is 77.5 Å². The van der Waals surface area contributed by atoms with Gasteiger partial charge in [0.1, 0.15) is 17.3 Å². The number of nitrogens with two attached hydrogens (primary N) is 1. The molecule has 1 saturated heterocycles. The molecule has 1 unspecified atom stereocenters. The van der Waals surface area contributed by atoms with Gasteiger partial charge in [-0.2, -0.15) is 0 Å². The Kier molecular flexibility index (Phi) is 7.90. The fraction of sp³-hybridized carbons (Fsp3) is 0.357. The van der Waals surface area contributed by atoms with E-state index in [2.05, 4.69) is 14.8 Å². The summed E-state index contributed by atoms with van der Waals surface area (Å²) in [5.74, 6) is 1.49. The third kappa shape index (κ3) is 6.59. The molecule has 1 fully saturated rings. The number of fused-ring (bicyclic) bond motifs is 1. The van der Waals surface area contributed by atoms with Crippen molar-refractivity contribution in [3.63, 3.8) is 0 Å². The molecule has 4 aromatic rings. The Balaban J connectivity index is 1.08. The molecule has 0 radical (unpaired) electrons. The maximum Gasteiger partial charge on any atom is 0.221 e. The third-order valence-electron chi connectivity index (χ3n) is 6.88. The summed E-state index contributed by atoms with van der Waals surface area (Å²) in [6.45, 7) is 4.65. The van der Waals surface area contributed by atoms with Crippen LogP contribution in [-0.4, -0.2) is 64.6 Å². The molecule has 4 heterocycles. The fourth-order valence-corrected chi connectivity index (χ4v) is 4.99. The number of β-amino-alcohol motifs (C(OH)–C–C–N with tert-alkyl or cyclic N) is 1. The minimum absolute atomic E-state index is 0.296. The number of aliphatic hydroxyl groups is 1. The molecule has 8 nitrogen and oxygen atoms in total. The topological polar surface area (TPSA) is 109 Å². The molecule has 1 aromatic carbocycles. The smallest absolute Gasteiger partial charge is 0.221 e. The van der Waals surface area contributed by atoms with Gasteiger partial charge in [-0.25, -0.2) is 0 Å². The molecule has 0 spiro atoms. The van der Waals surface area contributed by atoms with Gasteiger partial charge in [0.2, 0.25) is 5.91 Å². The summed E-state index contributed by atoms with van der Waals surface area (Å²) in [5, 5.41) is 12.4. The summed E-state index contributed by atoms with van der Waals surface area (Å²) in [5.41, 5.74) is 7.33. The van der Waals surface area contributed by atoms with E-state index >= 15 is 0 Å². The zero-order valence-electron chi connectivity index (χ0n) is 20.6. The minimum atomic E-state index is -0.651. The highest BCUT2D eigenvalue weighted by atomic mass is 35.5. The Bertz CT molecular complexity index is 1290. The van der Waals surface area contributed by atoms with E-state index in [-0.39, 0.29) is 0 Å². The number of aliphatic hydroxyl groups excluding tert-OH is 1. The van der Waals surface area contributed by atoms with Crippen molar-refractivity contribution in [1.82, 2.24) is 14.8 Å². The number of benzene rings is 1. The van der Waals surface area contributed by atoms with Crippen LogP contribution in [0.4, 0.5) is 0 Å². The van der Waals surface area contributed by atoms with Crippen molar-refractivity contribution in [2.75, 3.05) is 32.7 Å². The molecule has 3 N–H and O–H groups in total. The van der Waals surface area contributed by atoms with Crippen LogP contribution in [-0.2, 0) is 17.8 Å². The first-order valence-corrected chi connectivity index (χ1v) is 12.9. The SMILES string of the molecule is NC(=O)[C@H](Cc1cc2ccncc2o1)CC(O)CN1CCN(Cc2ccc(-c3ccc(Cl)cc3)o2)CC1. The Morgan fingerprint density at radius 3 is 2.51 bits per heavy atom. The lowest BCUT2D eigenvalue weighted by Crippen LogP contribution is -2.48. The summed E-state index contributed by atoms with van der Waals surface area (Å²) < 4.78 is 11.8. The summed E-state index contributed by atoms with van der Waals surface area (Å²) in [4.78, 5) is 20.7. The number of rotatable bonds is 10. The van der Waals surface area contributed by atoms with Crippen LogP contribution in [0.1, 0.15) is 17.9 Å². The van der Waals surface area contributed by atoms with E-state index in [1.807, 2.05) is 48.5 Å². The van der Waals surface area contributed by atoms with Gasteiger partial charge >= 0.3 is 0 Å². The standard InChI is InChI=1S/C28H31ClN4O4/c29-22-3-1-19(2-4-22)26-6-5-24(36-26)18-33-11-9-32(10-12-33)17-23(34)13-21(28(30)35)15-25-14-20-7-8-31-16-27(20)37-25/h1-8,14,16,21,23,34H,9-13,15,17-18H2,(H2,30,35)/t21-,23?/m0/s1. The Hall–Kier alpha value is -3.17. The molecule has 0 aliphatic carbocycles. The van der Waals surface area contributed by atoms with Crippen molar-refractivity contribution in [2.45, 2.75) is 25.5 Å². The predicted octanol–water partition coefficient (Wildman–Crippen LogP) is 3.95. The number of furan rings is 2. The van der Waals surface area contributed by atoms with Crippen molar-refractivity contribution >= 4 is 28.5 Å². The minimum Gasteiger partial charge on any atom is -0.460 e. The molecule has 5 rings (SSSR count). The van der Waals surface area contributed by atoms with E-state index in [4.69, 9.17) is 26.2 Å². The molecule has 1 aliphatic heterocycles. The lowest BCUT2D eigenvalue weighted by atomic mass is 9.95. The van der Waals surface area contributed by atoms with E-state index < -0.39 is 17.9 Å². The third-order valence-corrected chi connectivity index (χ3v) is 7.14. The van der Waals surface area contributed by atoms with Crippen LogP contribution in [0.5, 0.6) is 0 Å². The first kappa shape index (κ1) is 25.5. The molecule has 1 aliphatic rings. The van der Waals surface area contributed by atoms with Gasteiger partial charge in [-0.3, -0.25) is 19.6 Å². The monoisotopic (exact) mass is 522 g/mol. The first-order valence-electron chi connectivity index (χ1n) is 12.5. The van der Waals surface area contributed by atoms with E-state index in [0.29, 0.717) is 35.8 Å². The number of primary amides is 1. The average molecular weight is 523 g/mol. The highest BCUT2D eigenvalue weighted by molar-refractivity contribution is 6.30. The largest absolute Gasteiger partial charge is 0.460 e. The second-order valence-electron chi connectivity index (χ2n) is 9.67. The number of nitrogens with zero attached hydrogens (tertiary/aromatic N) is 3. The molecule has 0 bridgehead atoms. The number of piperazine rings is 1. The molecule has 2 atom stereocenters. The molecule has 3 aromatic heterocycles. The number of carbonyl (C=O) groups is 1. The molecular weight excluding hydrogens is 492 g/mol. The van der Waals surface area contributed by atoms with Gasteiger partial charge in [0.05, 0.1) is 18.8 Å². The zero-order valence-corrected chi connectivity index (χ0v) is 21.3. The summed E-state index contributed by atoms with van der Waals surface area (Å²) in [6.07, 6.45) is 3.35. The fourth-order valence-electron chi connectivity index (χ4n) is 4.87. The van der Waals surface area contributed by atoms with Crippen LogP contribution < -0.4 is 5.73 Å². The lowest BCUT2D eigenvalue weighted by molar-refractivity contribution is -0.123. The molecule has 1 amide bonds. The van der Waals surface area contributed by atoms with Crippen LogP contribution in [0.15, 0.2) is 69.8 Å². The normalized spacial score (nSPS) is 16.7. The van der Waals surface area contributed by atoms with Crippen LogP contribution in [0, 0.1) is 5.92 Å².